The number of furan rings is 1. The number of piperidine rings is 1. The van der Waals surface area contributed by atoms with Crippen LogP contribution >= 0.6 is 0 Å². The summed E-state index contributed by atoms with van der Waals surface area (Å²) >= 11 is 0. The van der Waals surface area contributed by atoms with Crippen LogP contribution in [0.15, 0.2) is 47.1 Å². The van der Waals surface area contributed by atoms with E-state index in [1.165, 1.54) is 12.0 Å². The first-order chi connectivity index (χ1) is 12.6. The van der Waals surface area contributed by atoms with Crippen molar-refractivity contribution in [2.45, 2.75) is 44.7 Å². The van der Waals surface area contributed by atoms with E-state index in [9.17, 15) is 0 Å². The molecule has 2 aromatic rings. The molecular formula is C22H32N2O2. The van der Waals surface area contributed by atoms with Crippen molar-refractivity contribution in [2.75, 3.05) is 27.2 Å². The lowest BCUT2D eigenvalue weighted by atomic mass is 9.88. The van der Waals surface area contributed by atoms with Crippen LogP contribution in [-0.4, -0.2) is 44.2 Å². The van der Waals surface area contributed by atoms with E-state index in [1.54, 1.807) is 13.4 Å². The van der Waals surface area contributed by atoms with Gasteiger partial charge in [0.15, 0.2) is 0 Å². The molecule has 0 unspecified atom stereocenters. The Morgan fingerprint density at radius 3 is 2.77 bits per heavy atom. The maximum Gasteiger partial charge on any atom is 0.122 e. The Bertz CT molecular complexity index is 671. The molecule has 1 aliphatic heterocycles. The normalized spacial score (nSPS) is 25.2. The van der Waals surface area contributed by atoms with Gasteiger partial charge in [-0.25, -0.2) is 0 Å². The van der Waals surface area contributed by atoms with Gasteiger partial charge in [0.05, 0.1) is 13.4 Å². The summed E-state index contributed by atoms with van der Waals surface area (Å²) in [5.74, 6) is 2.80. The number of ether oxygens (including phenoxy) is 1. The van der Waals surface area contributed by atoms with E-state index in [-0.39, 0.29) is 5.92 Å². The molecule has 1 aromatic heterocycles. The number of hydrogen-bond acceptors (Lipinski definition) is 4. The molecule has 4 heteroatoms. The van der Waals surface area contributed by atoms with Gasteiger partial charge in [0.1, 0.15) is 11.5 Å². The highest BCUT2D eigenvalue weighted by atomic mass is 16.5. The van der Waals surface area contributed by atoms with E-state index in [4.69, 9.17) is 9.15 Å². The highest BCUT2D eigenvalue weighted by Crippen LogP contribution is 2.34. The minimum absolute atomic E-state index is 0.202. The van der Waals surface area contributed by atoms with Crippen LogP contribution in [-0.2, 0) is 0 Å². The van der Waals surface area contributed by atoms with Crippen molar-refractivity contribution in [2.24, 2.45) is 5.92 Å². The fourth-order valence-electron chi connectivity index (χ4n) is 4.13. The Kier molecular flexibility index (Phi) is 6.38. The topological polar surface area (TPSA) is 37.6 Å². The van der Waals surface area contributed by atoms with E-state index in [2.05, 4.69) is 49.3 Å². The fourth-order valence-corrected chi connectivity index (χ4v) is 4.13. The molecule has 26 heavy (non-hydrogen) atoms. The minimum Gasteiger partial charge on any atom is -0.496 e. The monoisotopic (exact) mass is 356 g/mol. The van der Waals surface area contributed by atoms with Gasteiger partial charge in [0.25, 0.3) is 0 Å². The van der Waals surface area contributed by atoms with Crippen LogP contribution in [0.3, 0.4) is 0 Å². The number of nitrogens with one attached hydrogen (secondary N) is 1. The maximum atomic E-state index is 5.75. The van der Waals surface area contributed by atoms with Crippen molar-refractivity contribution in [1.29, 1.82) is 0 Å². The number of rotatable bonds is 7. The Morgan fingerprint density at radius 1 is 1.23 bits per heavy atom. The molecule has 142 valence electrons. The molecule has 2 heterocycles. The second kappa shape index (κ2) is 8.74. The summed E-state index contributed by atoms with van der Waals surface area (Å²) in [4.78, 5) is 2.46. The smallest absolute Gasteiger partial charge is 0.122 e. The number of benzene rings is 1. The zero-order valence-electron chi connectivity index (χ0n) is 16.4. The van der Waals surface area contributed by atoms with Crippen LogP contribution in [0.5, 0.6) is 5.75 Å². The lowest BCUT2D eigenvalue weighted by molar-refractivity contribution is 0.121. The Morgan fingerprint density at radius 2 is 2.04 bits per heavy atom. The summed E-state index contributed by atoms with van der Waals surface area (Å²) in [5.41, 5.74) is 1.19. The molecule has 0 spiro atoms. The van der Waals surface area contributed by atoms with Crippen LogP contribution in [0.1, 0.15) is 43.9 Å². The number of methoxy groups -OCH3 is 1. The zero-order chi connectivity index (χ0) is 18.5. The van der Waals surface area contributed by atoms with Crippen LogP contribution in [0.2, 0.25) is 0 Å². The first kappa shape index (κ1) is 19.0. The number of nitrogens with zero attached hydrogens (tertiary/aromatic N) is 1. The van der Waals surface area contributed by atoms with Gasteiger partial charge in [0, 0.05) is 30.1 Å². The molecule has 1 aromatic carbocycles. The predicted molar refractivity (Wildman–Crippen MR) is 106 cm³/mol. The van der Waals surface area contributed by atoms with E-state index in [1.807, 2.05) is 18.2 Å². The van der Waals surface area contributed by atoms with E-state index in [0.29, 0.717) is 18.0 Å². The summed E-state index contributed by atoms with van der Waals surface area (Å²) < 4.78 is 11.4. The molecule has 1 fully saturated rings. The molecule has 0 aliphatic carbocycles. The van der Waals surface area contributed by atoms with Crippen molar-refractivity contribution >= 4 is 0 Å². The molecule has 1 saturated heterocycles. The van der Waals surface area contributed by atoms with Gasteiger partial charge in [-0.05, 0) is 57.5 Å². The van der Waals surface area contributed by atoms with E-state index in [0.717, 1.165) is 31.0 Å². The minimum atomic E-state index is 0.202. The second-order valence-electron chi connectivity index (χ2n) is 7.66. The quantitative estimate of drug-likeness (QED) is 0.809. The van der Waals surface area contributed by atoms with Gasteiger partial charge in [-0.2, -0.15) is 0 Å². The molecule has 0 radical (unpaired) electrons. The number of hydrogen-bond donors (Lipinski definition) is 1. The average Bonchev–Trinajstić information content (AvgIpc) is 3.17. The summed E-state index contributed by atoms with van der Waals surface area (Å²) in [6.07, 6.45) is 3.95. The standard InChI is InChI=1S/C22H32N2O2/c1-16-15-24(3)17(2)14-20(16)23-12-11-19(22-10-7-13-26-22)18-8-5-6-9-21(18)25-4/h5-10,13,16-17,19-20,23H,11-12,14-15H2,1-4H3/t16-,17-,19-,20+/m0/s1. The highest BCUT2D eigenvalue weighted by molar-refractivity contribution is 5.39. The van der Waals surface area contributed by atoms with Gasteiger partial charge < -0.3 is 19.4 Å². The highest BCUT2D eigenvalue weighted by Gasteiger charge is 2.29. The zero-order valence-corrected chi connectivity index (χ0v) is 16.4. The predicted octanol–water partition coefficient (Wildman–Crippen LogP) is 4.13. The van der Waals surface area contributed by atoms with E-state index < -0.39 is 0 Å². The molecular weight excluding hydrogens is 324 g/mol. The molecule has 0 saturated carbocycles. The summed E-state index contributed by atoms with van der Waals surface area (Å²) in [7, 11) is 3.96. The lowest BCUT2D eigenvalue weighted by Gasteiger charge is -2.40. The van der Waals surface area contributed by atoms with Crippen molar-refractivity contribution in [3.63, 3.8) is 0 Å². The van der Waals surface area contributed by atoms with Crippen molar-refractivity contribution in [1.82, 2.24) is 10.2 Å². The Balaban J connectivity index is 1.68. The Labute approximate surface area is 157 Å². The largest absolute Gasteiger partial charge is 0.496 e. The average molecular weight is 357 g/mol. The first-order valence-corrected chi connectivity index (χ1v) is 9.70. The van der Waals surface area contributed by atoms with Gasteiger partial charge >= 0.3 is 0 Å². The molecule has 0 amide bonds. The third-order valence-electron chi connectivity index (χ3n) is 5.85. The van der Waals surface area contributed by atoms with Crippen LogP contribution in [0.4, 0.5) is 0 Å². The van der Waals surface area contributed by atoms with E-state index >= 15 is 0 Å². The molecule has 1 N–H and O–H groups in total. The van der Waals surface area contributed by atoms with Crippen molar-refractivity contribution < 1.29 is 9.15 Å². The van der Waals surface area contributed by atoms with Gasteiger partial charge in [-0.3, -0.25) is 0 Å². The van der Waals surface area contributed by atoms with Crippen molar-refractivity contribution in [3.05, 3.63) is 54.0 Å². The van der Waals surface area contributed by atoms with Crippen LogP contribution in [0, 0.1) is 5.92 Å². The third-order valence-corrected chi connectivity index (χ3v) is 5.85. The lowest BCUT2D eigenvalue weighted by Crippen LogP contribution is -2.51. The van der Waals surface area contributed by atoms with Crippen LogP contribution in [0.25, 0.3) is 0 Å². The number of likely N-dealkylation sites (tertiary alicyclic amines) is 1. The third kappa shape index (κ3) is 4.30. The van der Waals surface area contributed by atoms with Gasteiger partial charge in [-0.15, -0.1) is 0 Å². The molecule has 0 bridgehead atoms. The first-order valence-electron chi connectivity index (χ1n) is 9.70. The van der Waals surface area contributed by atoms with Gasteiger partial charge in [-0.1, -0.05) is 25.1 Å². The van der Waals surface area contributed by atoms with Gasteiger partial charge in [0.2, 0.25) is 0 Å². The SMILES string of the molecule is COc1ccccc1[C@H](CCN[C@@H]1C[C@H](C)N(C)C[C@@H]1C)c1ccco1. The summed E-state index contributed by atoms with van der Waals surface area (Å²) in [5, 5.41) is 3.81. The second-order valence-corrected chi connectivity index (χ2v) is 7.66. The summed E-state index contributed by atoms with van der Waals surface area (Å²) in [6, 6.07) is 13.5. The maximum absolute atomic E-state index is 5.75. The molecule has 1 aliphatic rings. The summed E-state index contributed by atoms with van der Waals surface area (Å²) in [6.45, 7) is 6.80. The van der Waals surface area contributed by atoms with Crippen LogP contribution < -0.4 is 10.1 Å². The molecule has 4 nitrogen and oxygen atoms in total. The molecule has 3 rings (SSSR count). The fraction of sp³-hybridized carbons (Fsp3) is 0.545. The van der Waals surface area contributed by atoms with Crippen molar-refractivity contribution in [3.8, 4) is 5.75 Å². The Hall–Kier alpha value is -1.78. The molecule has 4 atom stereocenters. The number of para-hydroxylation sites is 1.